The lowest BCUT2D eigenvalue weighted by molar-refractivity contribution is -0.917. The monoisotopic (exact) mass is 283 g/mol. The fourth-order valence-corrected chi connectivity index (χ4v) is 3.62. The fourth-order valence-electron chi connectivity index (χ4n) is 2.52. The van der Waals surface area contributed by atoms with Crippen LogP contribution in [0, 0.1) is 6.92 Å². The lowest BCUT2D eigenvalue weighted by atomic mass is 10.1. The summed E-state index contributed by atoms with van der Waals surface area (Å²) in [4.78, 5) is 1.47. The van der Waals surface area contributed by atoms with Gasteiger partial charge in [0.25, 0.3) is 0 Å². The number of hydrogen-bond donors (Lipinski definition) is 1. The smallest absolute Gasteiger partial charge is 0.214 e. The molecule has 0 atom stereocenters. The van der Waals surface area contributed by atoms with Gasteiger partial charge in [-0.1, -0.05) is 24.3 Å². The molecule has 0 spiro atoms. The van der Waals surface area contributed by atoms with E-state index >= 15 is 0 Å². The van der Waals surface area contributed by atoms with Gasteiger partial charge in [-0.15, -0.1) is 0 Å². The highest BCUT2D eigenvalue weighted by Gasteiger charge is 2.27. The first-order chi connectivity index (χ1) is 9.03. The van der Waals surface area contributed by atoms with Crippen molar-refractivity contribution < 1.29 is 13.3 Å². The van der Waals surface area contributed by atoms with E-state index in [-0.39, 0.29) is 5.75 Å². The number of nitrogens with zero attached hydrogens (tertiary/aromatic N) is 1. The van der Waals surface area contributed by atoms with E-state index in [1.807, 2.05) is 0 Å². The maximum absolute atomic E-state index is 11.8. The van der Waals surface area contributed by atoms with Crippen LogP contribution in [0.25, 0.3) is 0 Å². The number of aryl methyl sites for hydroxylation is 1. The summed E-state index contributed by atoms with van der Waals surface area (Å²) in [5.74, 6) is 0.208. The number of rotatable bonds is 4. The minimum absolute atomic E-state index is 0.208. The summed E-state index contributed by atoms with van der Waals surface area (Å²) in [5, 5.41) is 0. The number of piperazine rings is 1. The molecular weight excluding hydrogens is 260 g/mol. The quantitative estimate of drug-likeness (QED) is 0.848. The van der Waals surface area contributed by atoms with E-state index in [2.05, 4.69) is 31.2 Å². The first-order valence-corrected chi connectivity index (χ1v) is 8.49. The van der Waals surface area contributed by atoms with Crippen LogP contribution in [-0.2, 0) is 16.6 Å². The largest absolute Gasteiger partial charge is 0.329 e. The van der Waals surface area contributed by atoms with E-state index < -0.39 is 10.0 Å². The van der Waals surface area contributed by atoms with Crippen LogP contribution >= 0.6 is 0 Å². The van der Waals surface area contributed by atoms with E-state index in [1.165, 1.54) is 16.0 Å². The minimum atomic E-state index is -3.01. The zero-order valence-corrected chi connectivity index (χ0v) is 12.5. The summed E-state index contributed by atoms with van der Waals surface area (Å²) in [6.07, 6.45) is 0. The summed E-state index contributed by atoms with van der Waals surface area (Å²) in [6, 6.07) is 8.42. The van der Waals surface area contributed by atoms with Crippen LogP contribution in [0.15, 0.2) is 24.3 Å². The number of benzene rings is 1. The van der Waals surface area contributed by atoms with E-state index in [4.69, 9.17) is 0 Å². The van der Waals surface area contributed by atoms with Gasteiger partial charge in [-0.2, -0.15) is 4.31 Å². The van der Waals surface area contributed by atoms with Gasteiger partial charge >= 0.3 is 0 Å². The summed E-state index contributed by atoms with van der Waals surface area (Å²) < 4.78 is 25.2. The van der Waals surface area contributed by atoms with E-state index in [0.29, 0.717) is 13.1 Å². The van der Waals surface area contributed by atoms with Crippen LogP contribution in [0.3, 0.4) is 0 Å². The Morgan fingerprint density at radius 1 is 1.21 bits per heavy atom. The minimum Gasteiger partial charge on any atom is -0.329 e. The molecule has 0 amide bonds. The van der Waals surface area contributed by atoms with Crippen molar-refractivity contribution in [3.8, 4) is 0 Å². The van der Waals surface area contributed by atoms with E-state index in [9.17, 15) is 8.42 Å². The molecule has 106 valence electrons. The lowest BCUT2D eigenvalue weighted by Gasteiger charge is -2.31. The van der Waals surface area contributed by atoms with Crippen LogP contribution in [0.5, 0.6) is 0 Å². The van der Waals surface area contributed by atoms with Crippen molar-refractivity contribution in [2.24, 2.45) is 0 Å². The molecule has 1 aliphatic heterocycles. The first-order valence-electron chi connectivity index (χ1n) is 6.89. The molecule has 19 heavy (non-hydrogen) atoms. The molecule has 2 rings (SSSR count). The molecule has 0 aromatic heterocycles. The first kappa shape index (κ1) is 14.5. The Hall–Kier alpha value is -0.910. The number of sulfonamides is 1. The Kier molecular flexibility index (Phi) is 4.60. The average Bonchev–Trinajstić information content (AvgIpc) is 2.42. The fraction of sp³-hybridized carbons (Fsp3) is 0.571. The summed E-state index contributed by atoms with van der Waals surface area (Å²) in [6.45, 7) is 7.93. The van der Waals surface area contributed by atoms with Gasteiger partial charge in [0.15, 0.2) is 0 Å². The van der Waals surface area contributed by atoms with E-state index in [1.54, 1.807) is 11.2 Å². The molecule has 1 N–H and O–H groups in total. The maximum Gasteiger partial charge on any atom is 0.214 e. The highest BCUT2D eigenvalue weighted by atomic mass is 32.2. The molecule has 1 heterocycles. The Balaban J connectivity index is 1.93. The van der Waals surface area contributed by atoms with Crippen molar-refractivity contribution in [2.45, 2.75) is 20.4 Å². The highest BCUT2D eigenvalue weighted by molar-refractivity contribution is 7.89. The molecule has 1 aromatic carbocycles. The molecule has 0 aliphatic carbocycles. The van der Waals surface area contributed by atoms with Crippen molar-refractivity contribution in [1.29, 1.82) is 0 Å². The standard InChI is InChI=1S/C14H22N2O2S/c1-3-19(17,18)16-10-8-15(9-11-16)12-14-7-5-4-6-13(14)2/h4-7H,3,8-12H2,1-2H3/p+1. The zero-order valence-electron chi connectivity index (χ0n) is 11.7. The van der Waals surface area contributed by atoms with E-state index in [0.717, 1.165) is 19.6 Å². The van der Waals surface area contributed by atoms with Crippen LogP contribution in [0.1, 0.15) is 18.1 Å². The predicted molar refractivity (Wildman–Crippen MR) is 76.6 cm³/mol. The summed E-state index contributed by atoms with van der Waals surface area (Å²) >= 11 is 0. The molecule has 0 radical (unpaired) electrons. The van der Waals surface area contributed by atoms with Crippen molar-refractivity contribution in [3.05, 3.63) is 35.4 Å². The van der Waals surface area contributed by atoms with Gasteiger partial charge in [-0.05, 0) is 19.4 Å². The Bertz CT molecular complexity index is 520. The predicted octanol–water partition coefficient (Wildman–Crippen LogP) is 0.0452. The molecule has 4 nitrogen and oxygen atoms in total. The molecule has 1 fully saturated rings. The van der Waals surface area contributed by atoms with Gasteiger partial charge in [0, 0.05) is 5.56 Å². The third-order valence-corrected chi connectivity index (χ3v) is 5.77. The number of nitrogens with one attached hydrogen (secondary N) is 1. The maximum atomic E-state index is 11.8. The zero-order chi connectivity index (χ0) is 13.9. The molecule has 0 bridgehead atoms. The van der Waals surface area contributed by atoms with Crippen LogP contribution < -0.4 is 4.90 Å². The van der Waals surface area contributed by atoms with Crippen molar-refractivity contribution >= 4 is 10.0 Å². The lowest BCUT2D eigenvalue weighted by Crippen LogP contribution is -3.13. The third kappa shape index (κ3) is 3.55. The second-order valence-electron chi connectivity index (χ2n) is 5.15. The van der Waals surface area contributed by atoms with Gasteiger partial charge in [-0.25, -0.2) is 8.42 Å². The SMILES string of the molecule is CCS(=O)(=O)N1CC[NH+](Cc2ccccc2C)CC1. The number of quaternary nitrogens is 1. The third-order valence-electron chi connectivity index (χ3n) is 3.89. The van der Waals surface area contributed by atoms with Crippen LogP contribution in [0.2, 0.25) is 0 Å². The average molecular weight is 283 g/mol. The second kappa shape index (κ2) is 6.03. The topological polar surface area (TPSA) is 41.8 Å². The van der Waals surface area contributed by atoms with Crippen molar-refractivity contribution in [2.75, 3.05) is 31.9 Å². The Morgan fingerprint density at radius 2 is 1.84 bits per heavy atom. The summed E-state index contributed by atoms with van der Waals surface area (Å²) in [7, 11) is -3.01. The molecule has 1 aromatic rings. The van der Waals surface area contributed by atoms with Crippen LogP contribution in [-0.4, -0.2) is 44.7 Å². The molecule has 0 saturated carbocycles. The normalized spacial score (nSPS) is 18.6. The van der Waals surface area contributed by atoms with Gasteiger partial charge < -0.3 is 4.90 Å². The van der Waals surface area contributed by atoms with Gasteiger partial charge in [0.2, 0.25) is 10.0 Å². The molecular formula is C14H23N2O2S+. The van der Waals surface area contributed by atoms with Gasteiger partial charge in [0.05, 0.1) is 31.9 Å². The van der Waals surface area contributed by atoms with Gasteiger partial charge in [-0.3, -0.25) is 0 Å². The highest BCUT2D eigenvalue weighted by Crippen LogP contribution is 2.06. The number of hydrogen-bond acceptors (Lipinski definition) is 2. The molecule has 5 heteroatoms. The second-order valence-corrected chi connectivity index (χ2v) is 7.41. The van der Waals surface area contributed by atoms with Crippen molar-refractivity contribution in [1.82, 2.24) is 4.31 Å². The Morgan fingerprint density at radius 3 is 2.42 bits per heavy atom. The van der Waals surface area contributed by atoms with Crippen molar-refractivity contribution in [3.63, 3.8) is 0 Å². The van der Waals surface area contributed by atoms with Crippen LogP contribution in [0.4, 0.5) is 0 Å². The Labute approximate surface area is 116 Å². The summed E-state index contributed by atoms with van der Waals surface area (Å²) in [5.41, 5.74) is 2.68. The van der Waals surface area contributed by atoms with Gasteiger partial charge in [0.1, 0.15) is 6.54 Å². The molecule has 0 unspecified atom stereocenters. The molecule has 1 aliphatic rings. The molecule has 1 saturated heterocycles.